The van der Waals surface area contributed by atoms with Crippen molar-refractivity contribution in [2.24, 2.45) is 0 Å². The number of amides is 1. The summed E-state index contributed by atoms with van der Waals surface area (Å²) >= 11 is 0. The topological polar surface area (TPSA) is 38.3 Å². The van der Waals surface area contributed by atoms with Crippen molar-refractivity contribution >= 4 is 5.91 Å². The van der Waals surface area contributed by atoms with Crippen molar-refractivity contribution < 1.29 is 9.53 Å². The molecule has 0 heterocycles. The van der Waals surface area contributed by atoms with Crippen LogP contribution in [0.3, 0.4) is 0 Å². The summed E-state index contributed by atoms with van der Waals surface area (Å²) in [6.45, 7) is 2.05. The van der Waals surface area contributed by atoms with Crippen molar-refractivity contribution in [3.63, 3.8) is 0 Å². The van der Waals surface area contributed by atoms with Crippen LogP contribution in [-0.4, -0.2) is 19.1 Å². The van der Waals surface area contributed by atoms with E-state index in [4.69, 9.17) is 4.74 Å². The minimum Gasteiger partial charge on any atom is -0.497 e. The Labute approximate surface area is 132 Å². The summed E-state index contributed by atoms with van der Waals surface area (Å²) in [4.78, 5) is 12.1. The van der Waals surface area contributed by atoms with Crippen molar-refractivity contribution in [3.05, 3.63) is 65.7 Å². The molecule has 0 bridgehead atoms. The van der Waals surface area contributed by atoms with E-state index in [1.54, 1.807) is 7.11 Å². The van der Waals surface area contributed by atoms with Crippen LogP contribution in [0.4, 0.5) is 0 Å². The average Bonchev–Trinajstić information content (AvgIpc) is 2.54. The Morgan fingerprint density at radius 2 is 1.82 bits per heavy atom. The number of hydrogen-bond acceptors (Lipinski definition) is 2. The number of carbonyl (C=O) groups excluding carboxylic acids is 1. The molecule has 2 rings (SSSR count). The molecule has 1 amide bonds. The van der Waals surface area contributed by atoms with Gasteiger partial charge in [0.1, 0.15) is 5.75 Å². The van der Waals surface area contributed by atoms with Crippen LogP contribution in [0.25, 0.3) is 0 Å². The SMILES string of the molecule is COc1cccc(CC(=O)NC(C)CCc2ccccc2)c1. The van der Waals surface area contributed by atoms with Crippen molar-refractivity contribution in [2.75, 3.05) is 7.11 Å². The van der Waals surface area contributed by atoms with Gasteiger partial charge in [-0.3, -0.25) is 4.79 Å². The van der Waals surface area contributed by atoms with Gasteiger partial charge >= 0.3 is 0 Å². The lowest BCUT2D eigenvalue weighted by Gasteiger charge is -2.14. The Morgan fingerprint density at radius 3 is 2.55 bits per heavy atom. The van der Waals surface area contributed by atoms with E-state index in [0.29, 0.717) is 6.42 Å². The lowest BCUT2D eigenvalue weighted by molar-refractivity contribution is -0.121. The van der Waals surface area contributed by atoms with Crippen molar-refractivity contribution in [2.45, 2.75) is 32.2 Å². The second-order valence-electron chi connectivity index (χ2n) is 5.52. The van der Waals surface area contributed by atoms with Crippen molar-refractivity contribution in [1.82, 2.24) is 5.32 Å². The summed E-state index contributed by atoms with van der Waals surface area (Å²) in [5.41, 5.74) is 2.27. The monoisotopic (exact) mass is 297 g/mol. The third kappa shape index (κ3) is 5.24. The molecule has 0 aliphatic rings. The molecule has 22 heavy (non-hydrogen) atoms. The summed E-state index contributed by atoms with van der Waals surface area (Å²) in [5, 5.41) is 3.06. The highest BCUT2D eigenvalue weighted by molar-refractivity contribution is 5.78. The van der Waals surface area contributed by atoms with Gasteiger partial charge in [-0.1, -0.05) is 42.5 Å². The molecule has 0 saturated carbocycles. The largest absolute Gasteiger partial charge is 0.497 e. The molecular weight excluding hydrogens is 274 g/mol. The molecule has 0 saturated heterocycles. The molecule has 0 aromatic heterocycles. The Bertz CT molecular complexity index is 595. The van der Waals surface area contributed by atoms with Crippen LogP contribution in [0.1, 0.15) is 24.5 Å². The zero-order valence-corrected chi connectivity index (χ0v) is 13.2. The Balaban J connectivity index is 1.78. The first-order valence-corrected chi connectivity index (χ1v) is 7.63. The fraction of sp³-hybridized carbons (Fsp3) is 0.316. The molecule has 116 valence electrons. The zero-order chi connectivity index (χ0) is 15.8. The second-order valence-corrected chi connectivity index (χ2v) is 5.52. The predicted octanol–water partition coefficient (Wildman–Crippen LogP) is 3.38. The van der Waals surface area contributed by atoms with Gasteiger partial charge in [0.05, 0.1) is 13.5 Å². The van der Waals surface area contributed by atoms with Gasteiger partial charge in [0, 0.05) is 6.04 Å². The summed E-state index contributed by atoms with van der Waals surface area (Å²) in [7, 11) is 1.63. The molecule has 0 aliphatic heterocycles. The van der Waals surface area contributed by atoms with Crippen LogP contribution < -0.4 is 10.1 Å². The molecule has 0 radical (unpaired) electrons. The molecule has 1 N–H and O–H groups in total. The first-order valence-electron chi connectivity index (χ1n) is 7.63. The van der Waals surface area contributed by atoms with E-state index in [-0.39, 0.29) is 11.9 Å². The zero-order valence-electron chi connectivity index (χ0n) is 13.2. The molecule has 1 unspecified atom stereocenters. The van der Waals surface area contributed by atoms with Crippen molar-refractivity contribution in [3.8, 4) is 5.75 Å². The van der Waals surface area contributed by atoms with Gasteiger partial charge < -0.3 is 10.1 Å². The smallest absolute Gasteiger partial charge is 0.224 e. The quantitative estimate of drug-likeness (QED) is 0.851. The van der Waals surface area contributed by atoms with Crippen LogP contribution in [0, 0.1) is 0 Å². The molecule has 3 heteroatoms. The first-order chi connectivity index (χ1) is 10.7. The van der Waals surface area contributed by atoms with Gasteiger partial charge in [-0.15, -0.1) is 0 Å². The fourth-order valence-electron chi connectivity index (χ4n) is 2.39. The van der Waals surface area contributed by atoms with E-state index in [0.717, 1.165) is 24.2 Å². The van der Waals surface area contributed by atoms with Crippen LogP contribution in [0.15, 0.2) is 54.6 Å². The molecule has 2 aromatic rings. The Kier molecular flexibility index (Phi) is 6.01. The maximum absolute atomic E-state index is 12.1. The summed E-state index contributed by atoms with van der Waals surface area (Å²) in [6, 6.07) is 18.1. The first kappa shape index (κ1) is 16.1. The van der Waals surface area contributed by atoms with Gasteiger partial charge in [0.25, 0.3) is 0 Å². The van der Waals surface area contributed by atoms with Crippen LogP contribution in [-0.2, 0) is 17.6 Å². The maximum Gasteiger partial charge on any atom is 0.224 e. The highest BCUT2D eigenvalue weighted by atomic mass is 16.5. The van der Waals surface area contributed by atoms with Gasteiger partial charge in [0.2, 0.25) is 5.91 Å². The number of ether oxygens (including phenoxy) is 1. The molecular formula is C19H23NO2. The second kappa shape index (κ2) is 8.23. The average molecular weight is 297 g/mol. The third-order valence-corrected chi connectivity index (χ3v) is 3.62. The van der Waals surface area contributed by atoms with E-state index in [1.165, 1.54) is 5.56 Å². The molecule has 3 nitrogen and oxygen atoms in total. The van der Waals surface area contributed by atoms with Gasteiger partial charge in [0.15, 0.2) is 0 Å². The Morgan fingerprint density at radius 1 is 1.09 bits per heavy atom. The minimum absolute atomic E-state index is 0.0498. The van der Waals surface area contributed by atoms with E-state index >= 15 is 0 Å². The normalized spacial score (nSPS) is 11.7. The lowest BCUT2D eigenvalue weighted by Crippen LogP contribution is -2.34. The summed E-state index contributed by atoms with van der Waals surface area (Å²) in [6.07, 6.45) is 2.29. The number of carbonyl (C=O) groups is 1. The van der Waals surface area contributed by atoms with Crippen LogP contribution in [0.2, 0.25) is 0 Å². The number of benzene rings is 2. The number of rotatable bonds is 7. The minimum atomic E-state index is 0.0498. The molecule has 0 fully saturated rings. The standard InChI is InChI=1S/C19H23NO2/c1-15(11-12-16-7-4-3-5-8-16)20-19(21)14-17-9-6-10-18(13-17)22-2/h3-10,13,15H,11-12,14H2,1-2H3,(H,20,21). The van der Waals surface area contributed by atoms with E-state index < -0.39 is 0 Å². The molecule has 1 atom stereocenters. The van der Waals surface area contributed by atoms with E-state index in [2.05, 4.69) is 17.4 Å². The van der Waals surface area contributed by atoms with Gasteiger partial charge in [-0.2, -0.15) is 0 Å². The predicted molar refractivity (Wildman–Crippen MR) is 89.1 cm³/mol. The fourth-order valence-corrected chi connectivity index (χ4v) is 2.39. The van der Waals surface area contributed by atoms with Crippen LogP contribution in [0.5, 0.6) is 5.75 Å². The number of aryl methyl sites for hydroxylation is 1. The molecule has 2 aromatic carbocycles. The highest BCUT2D eigenvalue weighted by Gasteiger charge is 2.09. The number of methoxy groups -OCH3 is 1. The molecule has 0 aliphatic carbocycles. The van der Waals surface area contributed by atoms with Crippen molar-refractivity contribution in [1.29, 1.82) is 0 Å². The maximum atomic E-state index is 12.1. The summed E-state index contributed by atoms with van der Waals surface area (Å²) in [5.74, 6) is 0.830. The molecule has 0 spiro atoms. The number of hydrogen-bond donors (Lipinski definition) is 1. The number of nitrogens with one attached hydrogen (secondary N) is 1. The van der Waals surface area contributed by atoms with E-state index in [9.17, 15) is 4.79 Å². The highest BCUT2D eigenvalue weighted by Crippen LogP contribution is 2.13. The Hall–Kier alpha value is -2.29. The third-order valence-electron chi connectivity index (χ3n) is 3.62. The van der Waals surface area contributed by atoms with Gasteiger partial charge in [-0.25, -0.2) is 0 Å². The van der Waals surface area contributed by atoms with Crippen LogP contribution >= 0.6 is 0 Å². The van der Waals surface area contributed by atoms with Gasteiger partial charge in [-0.05, 0) is 43.0 Å². The van der Waals surface area contributed by atoms with E-state index in [1.807, 2.05) is 49.4 Å². The summed E-state index contributed by atoms with van der Waals surface area (Å²) < 4.78 is 5.17. The lowest BCUT2D eigenvalue weighted by atomic mass is 10.1.